The van der Waals surface area contributed by atoms with Gasteiger partial charge in [0.25, 0.3) is 5.91 Å². The highest BCUT2D eigenvalue weighted by molar-refractivity contribution is 6.00. The summed E-state index contributed by atoms with van der Waals surface area (Å²) >= 11 is 0. The van der Waals surface area contributed by atoms with Crippen molar-refractivity contribution in [2.24, 2.45) is 5.92 Å². The number of nitriles is 1. The predicted molar refractivity (Wildman–Crippen MR) is 126 cm³/mol. The zero-order valence-corrected chi connectivity index (χ0v) is 18.7. The fraction of sp³-hybridized carbons (Fsp3) is 0.407. The molecule has 0 saturated heterocycles. The van der Waals surface area contributed by atoms with E-state index in [4.69, 9.17) is 4.74 Å². The number of nitrogens with one attached hydrogen (secondary N) is 2. The van der Waals surface area contributed by atoms with Crippen molar-refractivity contribution < 1.29 is 9.53 Å². The number of carbonyl (C=O) groups excluding carboxylic acids is 1. The number of H-pyrrole nitrogens is 1. The summed E-state index contributed by atoms with van der Waals surface area (Å²) in [4.78, 5) is 18.4. The van der Waals surface area contributed by atoms with Gasteiger partial charge >= 0.3 is 0 Å². The molecule has 0 spiro atoms. The number of nitrogens with zero attached hydrogens (tertiary/aromatic N) is 2. The molecular weight excluding hydrogens is 412 g/mol. The Morgan fingerprint density at radius 2 is 2.12 bits per heavy atom. The van der Waals surface area contributed by atoms with Gasteiger partial charge in [-0.3, -0.25) is 9.69 Å². The molecule has 1 saturated carbocycles. The Labute approximate surface area is 193 Å². The molecule has 0 radical (unpaired) electrons. The molecule has 1 fully saturated rings. The number of fused-ring (bicyclic) bond motifs is 4. The van der Waals surface area contributed by atoms with Crippen molar-refractivity contribution in [3.63, 3.8) is 0 Å². The van der Waals surface area contributed by atoms with E-state index in [-0.39, 0.29) is 5.91 Å². The third kappa shape index (κ3) is 3.87. The third-order valence-electron chi connectivity index (χ3n) is 7.39. The molecular formula is C27H28N4O2. The van der Waals surface area contributed by atoms with Crippen LogP contribution in [0.4, 0.5) is 0 Å². The SMILES string of the molecule is N#Cc1ccc2[nH]cc(CCCN(CC3CC3)C3COc4ccc5c(c4C3)C(=O)NC5)c2c1. The molecule has 1 atom stereocenters. The fourth-order valence-corrected chi connectivity index (χ4v) is 5.41. The summed E-state index contributed by atoms with van der Waals surface area (Å²) < 4.78 is 6.17. The molecule has 2 N–H and O–H groups in total. The molecule has 168 valence electrons. The van der Waals surface area contributed by atoms with Gasteiger partial charge in [0.1, 0.15) is 12.4 Å². The number of aryl methyl sites for hydroxylation is 1. The third-order valence-corrected chi connectivity index (χ3v) is 7.39. The molecule has 6 rings (SSSR count). The Bertz CT molecular complexity index is 1270. The number of hydrogen-bond acceptors (Lipinski definition) is 4. The number of benzene rings is 2. The Balaban J connectivity index is 1.18. The molecule has 6 nitrogen and oxygen atoms in total. The lowest BCUT2D eigenvalue weighted by Crippen LogP contribution is -2.45. The predicted octanol–water partition coefficient (Wildman–Crippen LogP) is 3.93. The Kier molecular flexibility index (Phi) is 5.07. The molecule has 1 unspecified atom stereocenters. The number of aromatic nitrogens is 1. The summed E-state index contributed by atoms with van der Waals surface area (Å²) in [5, 5.41) is 13.4. The summed E-state index contributed by atoms with van der Waals surface area (Å²) in [6, 6.07) is 12.4. The standard InChI is InChI=1S/C27H28N4O2/c28-12-18-5-7-24-22(10-18)19(13-29-24)2-1-9-31(15-17-3-4-17)21-11-23-25(33-16-21)8-6-20-14-30-27(32)26(20)23/h5-8,10,13,17,21,29H,1-4,9,11,14-16H2,(H,30,32). The van der Waals surface area contributed by atoms with Gasteiger partial charge in [0.2, 0.25) is 0 Å². The van der Waals surface area contributed by atoms with Crippen LogP contribution in [-0.2, 0) is 19.4 Å². The van der Waals surface area contributed by atoms with E-state index >= 15 is 0 Å². The normalized spacial score (nSPS) is 19.2. The molecule has 3 aromatic rings. The van der Waals surface area contributed by atoms with Crippen molar-refractivity contribution in [1.82, 2.24) is 15.2 Å². The van der Waals surface area contributed by atoms with E-state index in [9.17, 15) is 10.1 Å². The minimum Gasteiger partial charge on any atom is -0.492 e. The van der Waals surface area contributed by atoms with Crippen LogP contribution in [0, 0.1) is 17.2 Å². The van der Waals surface area contributed by atoms with Gasteiger partial charge in [0.15, 0.2) is 0 Å². The van der Waals surface area contributed by atoms with Gasteiger partial charge in [-0.2, -0.15) is 5.26 Å². The van der Waals surface area contributed by atoms with Crippen LogP contribution in [0.1, 0.15) is 51.9 Å². The number of hydrogen-bond donors (Lipinski definition) is 2. The first-order valence-corrected chi connectivity index (χ1v) is 12.0. The molecule has 1 amide bonds. The summed E-state index contributed by atoms with van der Waals surface area (Å²) in [6.07, 6.45) is 7.61. The maximum Gasteiger partial charge on any atom is 0.252 e. The number of carbonyl (C=O) groups is 1. The lowest BCUT2D eigenvalue weighted by molar-refractivity contribution is 0.0954. The van der Waals surface area contributed by atoms with Crippen molar-refractivity contribution >= 4 is 16.8 Å². The van der Waals surface area contributed by atoms with Crippen LogP contribution in [0.25, 0.3) is 10.9 Å². The molecule has 2 aromatic carbocycles. The van der Waals surface area contributed by atoms with Crippen molar-refractivity contribution in [2.75, 3.05) is 19.7 Å². The Morgan fingerprint density at radius 3 is 2.97 bits per heavy atom. The van der Waals surface area contributed by atoms with Gasteiger partial charge in [-0.15, -0.1) is 0 Å². The van der Waals surface area contributed by atoms with Crippen LogP contribution < -0.4 is 10.1 Å². The maximum absolute atomic E-state index is 12.5. The van der Waals surface area contributed by atoms with Crippen LogP contribution in [0.3, 0.4) is 0 Å². The minimum atomic E-state index is 0.0379. The average molecular weight is 441 g/mol. The summed E-state index contributed by atoms with van der Waals surface area (Å²) in [6.45, 7) is 3.41. The maximum atomic E-state index is 12.5. The van der Waals surface area contributed by atoms with Gasteiger partial charge in [-0.05, 0) is 80.0 Å². The zero-order valence-electron chi connectivity index (χ0n) is 18.7. The topological polar surface area (TPSA) is 81.2 Å². The van der Waals surface area contributed by atoms with Crippen molar-refractivity contribution in [1.29, 1.82) is 5.26 Å². The van der Waals surface area contributed by atoms with Crippen LogP contribution in [-0.4, -0.2) is 41.5 Å². The molecule has 6 heteroatoms. The monoisotopic (exact) mass is 440 g/mol. The van der Waals surface area contributed by atoms with E-state index in [1.807, 2.05) is 30.3 Å². The zero-order chi connectivity index (χ0) is 22.4. The summed E-state index contributed by atoms with van der Waals surface area (Å²) in [5.41, 5.74) is 6.08. The van der Waals surface area contributed by atoms with Crippen molar-refractivity contribution in [3.05, 3.63) is 64.3 Å². The first kappa shape index (κ1) is 20.3. The van der Waals surface area contributed by atoms with Crippen LogP contribution in [0.5, 0.6) is 5.75 Å². The number of aromatic amines is 1. The van der Waals surface area contributed by atoms with E-state index < -0.39 is 0 Å². The number of rotatable bonds is 7. The summed E-state index contributed by atoms with van der Waals surface area (Å²) in [7, 11) is 0. The van der Waals surface area contributed by atoms with Gasteiger partial charge < -0.3 is 15.0 Å². The molecule has 1 aliphatic carbocycles. The molecule has 0 bridgehead atoms. The number of ether oxygens (including phenoxy) is 1. The molecule has 2 aliphatic heterocycles. The van der Waals surface area contributed by atoms with Gasteiger partial charge in [0, 0.05) is 41.8 Å². The number of amides is 1. The highest BCUT2D eigenvalue weighted by Crippen LogP contribution is 2.36. The van der Waals surface area contributed by atoms with E-state index in [1.54, 1.807) is 0 Å². The lowest BCUT2D eigenvalue weighted by atomic mass is 9.93. The van der Waals surface area contributed by atoms with Gasteiger partial charge in [-0.1, -0.05) is 6.07 Å². The highest BCUT2D eigenvalue weighted by Gasteiger charge is 2.34. The largest absolute Gasteiger partial charge is 0.492 e. The second-order valence-electron chi connectivity index (χ2n) is 9.66. The molecule has 1 aromatic heterocycles. The van der Waals surface area contributed by atoms with Crippen LogP contribution in [0.15, 0.2) is 36.5 Å². The van der Waals surface area contributed by atoms with E-state index in [0.29, 0.717) is 24.8 Å². The molecule has 33 heavy (non-hydrogen) atoms. The quantitative estimate of drug-likeness (QED) is 0.583. The van der Waals surface area contributed by atoms with Gasteiger partial charge in [0.05, 0.1) is 17.2 Å². The first-order valence-electron chi connectivity index (χ1n) is 12.0. The Morgan fingerprint density at radius 1 is 1.21 bits per heavy atom. The molecule has 3 aliphatic rings. The fourth-order valence-electron chi connectivity index (χ4n) is 5.41. The van der Waals surface area contributed by atoms with Crippen LogP contribution >= 0.6 is 0 Å². The average Bonchev–Trinajstić information content (AvgIpc) is 3.46. The Hall–Kier alpha value is -3.30. The van der Waals surface area contributed by atoms with Crippen molar-refractivity contribution in [3.8, 4) is 11.8 Å². The molecule has 3 heterocycles. The second-order valence-corrected chi connectivity index (χ2v) is 9.66. The van der Waals surface area contributed by atoms with E-state index in [0.717, 1.165) is 71.6 Å². The lowest BCUT2D eigenvalue weighted by Gasteiger charge is -2.36. The first-order chi connectivity index (χ1) is 16.2. The minimum absolute atomic E-state index is 0.0379. The van der Waals surface area contributed by atoms with E-state index in [1.165, 1.54) is 18.4 Å². The highest BCUT2D eigenvalue weighted by atomic mass is 16.5. The second kappa shape index (κ2) is 8.24. The van der Waals surface area contributed by atoms with Crippen LogP contribution in [0.2, 0.25) is 0 Å². The van der Waals surface area contributed by atoms with Crippen molar-refractivity contribution in [2.45, 2.75) is 44.7 Å². The van der Waals surface area contributed by atoms with E-state index in [2.05, 4.69) is 27.5 Å². The summed E-state index contributed by atoms with van der Waals surface area (Å²) in [5.74, 6) is 1.71. The van der Waals surface area contributed by atoms with Gasteiger partial charge in [-0.25, -0.2) is 0 Å². The smallest absolute Gasteiger partial charge is 0.252 e.